The molecule has 2 aromatic rings. The molecular formula is C14H20FN3OSi. The van der Waals surface area contributed by atoms with Gasteiger partial charge in [-0.15, -0.1) is 0 Å². The van der Waals surface area contributed by atoms with Crippen LogP contribution in [0.1, 0.15) is 11.6 Å². The molecule has 0 amide bonds. The molecule has 0 saturated heterocycles. The molecule has 6 heteroatoms. The van der Waals surface area contributed by atoms with Crippen molar-refractivity contribution in [1.29, 1.82) is 0 Å². The van der Waals surface area contributed by atoms with Crippen molar-refractivity contribution in [2.75, 3.05) is 0 Å². The highest BCUT2D eigenvalue weighted by atomic mass is 28.3. The van der Waals surface area contributed by atoms with E-state index in [-0.39, 0.29) is 11.9 Å². The molecule has 4 nitrogen and oxygen atoms in total. The summed E-state index contributed by atoms with van der Waals surface area (Å²) in [5, 5.41) is 14.7. The zero-order valence-corrected chi connectivity index (χ0v) is 13.0. The zero-order chi connectivity index (χ0) is 14.8. The number of halogens is 1. The predicted octanol–water partition coefficient (Wildman–Crippen LogP) is 2.71. The summed E-state index contributed by atoms with van der Waals surface area (Å²) in [5.74, 6) is -0.286. The van der Waals surface area contributed by atoms with E-state index >= 15 is 0 Å². The maximum absolute atomic E-state index is 13.1. The second kappa shape index (κ2) is 5.84. The molecule has 1 aromatic carbocycles. The van der Waals surface area contributed by atoms with E-state index in [1.165, 1.54) is 18.5 Å². The molecule has 2 rings (SSSR count). The molecule has 1 N–H and O–H groups in total. The van der Waals surface area contributed by atoms with Crippen molar-refractivity contribution >= 4 is 8.07 Å². The first-order valence-corrected chi connectivity index (χ1v) is 10.4. The number of aliphatic hydroxyl groups excluding tert-OH is 1. The van der Waals surface area contributed by atoms with Crippen LogP contribution in [0.15, 0.2) is 36.9 Å². The molecule has 0 spiro atoms. The van der Waals surface area contributed by atoms with Gasteiger partial charge in [0.2, 0.25) is 0 Å². The van der Waals surface area contributed by atoms with Crippen LogP contribution in [0, 0.1) is 5.82 Å². The average Bonchev–Trinajstić information content (AvgIpc) is 2.83. The number of aromatic nitrogens is 3. The summed E-state index contributed by atoms with van der Waals surface area (Å²) in [6.45, 7) is 6.62. The Kier molecular flexibility index (Phi) is 4.34. The van der Waals surface area contributed by atoms with E-state index in [1.807, 2.05) is 0 Å². The minimum Gasteiger partial charge on any atom is -0.391 e. The van der Waals surface area contributed by atoms with Gasteiger partial charge in [0.05, 0.1) is 6.10 Å². The number of aliphatic hydroxyl groups is 1. The number of hydrogen-bond donors (Lipinski definition) is 1. The van der Waals surface area contributed by atoms with Crippen LogP contribution in [0.2, 0.25) is 25.7 Å². The van der Waals surface area contributed by atoms with Gasteiger partial charge in [0, 0.05) is 8.07 Å². The minimum atomic E-state index is -1.42. The first kappa shape index (κ1) is 14.9. The van der Waals surface area contributed by atoms with E-state index in [0.29, 0.717) is 0 Å². The van der Waals surface area contributed by atoms with Crippen LogP contribution in [0.25, 0.3) is 0 Å². The topological polar surface area (TPSA) is 50.9 Å². The van der Waals surface area contributed by atoms with Crippen molar-refractivity contribution in [2.45, 2.75) is 37.8 Å². The summed E-state index contributed by atoms with van der Waals surface area (Å²) in [6, 6.07) is 6.60. The van der Waals surface area contributed by atoms with Gasteiger partial charge < -0.3 is 5.11 Å². The number of benzene rings is 1. The summed E-state index contributed by atoms with van der Waals surface area (Å²) in [5.41, 5.74) is 0.836. The van der Waals surface area contributed by atoms with Crippen LogP contribution in [-0.2, 0) is 0 Å². The maximum atomic E-state index is 13.1. The van der Waals surface area contributed by atoms with Gasteiger partial charge in [-0.25, -0.2) is 14.1 Å². The molecule has 108 valence electrons. The van der Waals surface area contributed by atoms with Crippen LogP contribution in [0.5, 0.6) is 0 Å². The van der Waals surface area contributed by atoms with Crippen LogP contribution >= 0.6 is 0 Å². The van der Waals surface area contributed by atoms with Crippen molar-refractivity contribution in [1.82, 2.24) is 14.8 Å². The van der Waals surface area contributed by atoms with E-state index in [9.17, 15) is 9.50 Å². The normalized spacial score (nSPS) is 15.1. The number of rotatable bonds is 5. The quantitative estimate of drug-likeness (QED) is 0.862. The van der Waals surface area contributed by atoms with Gasteiger partial charge in [-0.1, -0.05) is 31.8 Å². The lowest BCUT2D eigenvalue weighted by Crippen LogP contribution is -2.33. The van der Waals surface area contributed by atoms with Crippen molar-refractivity contribution in [3.05, 3.63) is 48.3 Å². The van der Waals surface area contributed by atoms with E-state index in [0.717, 1.165) is 11.6 Å². The van der Waals surface area contributed by atoms with Crippen LogP contribution in [0.4, 0.5) is 4.39 Å². The van der Waals surface area contributed by atoms with Gasteiger partial charge in [-0.05, 0) is 23.7 Å². The number of nitrogens with zero attached hydrogens (tertiary/aromatic N) is 3. The molecule has 2 unspecified atom stereocenters. The van der Waals surface area contributed by atoms with Crippen molar-refractivity contribution in [2.24, 2.45) is 0 Å². The van der Waals surface area contributed by atoms with E-state index in [1.54, 1.807) is 23.1 Å². The standard InChI is InChI=1S/C14H20FN3OSi/c1-20(2,3)8-13(19)14(18-10-16-9-17-18)11-4-6-12(15)7-5-11/h4-7,9-10,13-14,19H,8H2,1-3H3. The first-order valence-electron chi connectivity index (χ1n) is 6.64. The molecule has 0 aliphatic rings. The van der Waals surface area contributed by atoms with Gasteiger partial charge in [0.1, 0.15) is 24.5 Å². The van der Waals surface area contributed by atoms with Crippen LogP contribution < -0.4 is 0 Å². The zero-order valence-electron chi connectivity index (χ0n) is 12.0. The Labute approximate surface area is 119 Å². The molecule has 0 aliphatic carbocycles. The smallest absolute Gasteiger partial charge is 0.137 e. The Morgan fingerprint density at radius 2 is 1.90 bits per heavy atom. The Morgan fingerprint density at radius 1 is 1.25 bits per heavy atom. The third-order valence-electron chi connectivity index (χ3n) is 3.12. The molecule has 2 atom stereocenters. The van der Waals surface area contributed by atoms with E-state index < -0.39 is 14.2 Å². The van der Waals surface area contributed by atoms with Gasteiger partial charge >= 0.3 is 0 Å². The van der Waals surface area contributed by atoms with E-state index in [2.05, 4.69) is 29.7 Å². The van der Waals surface area contributed by atoms with E-state index in [4.69, 9.17) is 0 Å². The van der Waals surface area contributed by atoms with Gasteiger partial charge in [0.15, 0.2) is 0 Å². The Bertz CT molecular complexity index is 537. The summed E-state index contributed by atoms with van der Waals surface area (Å²) in [6.07, 6.45) is 2.47. The lowest BCUT2D eigenvalue weighted by molar-refractivity contribution is 0.140. The van der Waals surface area contributed by atoms with Crippen LogP contribution in [-0.4, -0.2) is 34.0 Å². The molecule has 0 fully saturated rings. The third kappa shape index (κ3) is 3.74. The molecular weight excluding hydrogens is 273 g/mol. The lowest BCUT2D eigenvalue weighted by Gasteiger charge is -2.28. The monoisotopic (exact) mass is 293 g/mol. The van der Waals surface area contributed by atoms with Crippen LogP contribution in [0.3, 0.4) is 0 Å². The molecule has 0 aliphatic heterocycles. The number of hydrogen-bond acceptors (Lipinski definition) is 3. The highest BCUT2D eigenvalue weighted by molar-refractivity contribution is 6.76. The second-order valence-corrected chi connectivity index (χ2v) is 11.7. The van der Waals surface area contributed by atoms with Crippen molar-refractivity contribution in [3.63, 3.8) is 0 Å². The third-order valence-corrected chi connectivity index (χ3v) is 4.76. The molecule has 0 radical (unpaired) electrons. The highest BCUT2D eigenvalue weighted by Crippen LogP contribution is 2.27. The molecule has 1 aromatic heterocycles. The highest BCUT2D eigenvalue weighted by Gasteiger charge is 2.28. The summed E-state index contributed by atoms with van der Waals surface area (Å²) in [7, 11) is -1.42. The van der Waals surface area contributed by atoms with Gasteiger partial charge in [0.25, 0.3) is 0 Å². The minimum absolute atomic E-state index is 0.286. The molecule has 20 heavy (non-hydrogen) atoms. The fraction of sp³-hybridized carbons (Fsp3) is 0.429. The Hall–Kier alpha value is -1.53. The first-order chi connectivity index (χ1) is 9.37. The molecule has 0 saturated carbocycles. The van der Waals surface area contributed by atoms with Gasteiger partial charge in [-0.2, -0.15) is 5.10 Å². The average molecular weight is 293 g/mol. The van der Waals surface area contributed by atoms with Crippen molar-refractivity contribution in [3.8, 4) is 0 Å². The molecule has 0 bridgehead atoms. The van der Waals surface area contributed by atoms with Crippen molar-refractivity contribution < 1.29 is 9.50 Å². The molecule has 1 heterocycles. The summed E-state index contributed by atoms with van der Waals surface area (Å²) < 4.78 is 14.7. The fourth-order valence-electron chi connectivity index (χ4n) is 2.31. The lowest BCUT2D eigenvalue weighted by atomic mass is 10.0. The largest absolute Gasteiger partial charge is 0.391 e. The SMILES string of the molecule is C[Si](C)(C)CC(O)C(c1ccc(F)cc1)n1cncn1. The second-order valence-electron chi connectivity index (χ2n) is 6.20. The Balaban J connectivity index is 2.33. The predicted molar refractivity (Wildman–Crippen MR) is 78.7 cm³/mol. The maximum Gasteiger partial charge on any atom is 0.137 e. The Morgan fingerprint density at radius 3 is 2.40 bits per heavy atom. The summed E-state index contributed by atoms with van der Waals surface area (Å²) in [4.78, 5) is 3.94. The summed E-state index contributed by atoms with van der Waals surface area (Å²) >= 11 is 0. The van der Waals surface area contributed by atoms with Gasteiger partial charge in [-0.3, -0.25) is 0 Å². The fourth-order valence-corrected chi connectivity index (χ4v) is 3.79.